The first kappa shape index (κ1) is 12.8. The third-order valence-electron chi connectivity index (χ3n) is 3.04. The minimum absolute atomic E-state index is 0.202. The zero-order valence-electron chi connectivity index (χ0n) is 11.0. The van der Waals surface area contributed by atoms with Gasteiger partial charge < -0.3 is 9.73 Å². The van der Waals surface area contributed by atoms with Crippen molar-refractivity contribution in [3.05, 3.63) is 53.7 Å². The van der Waals surface area contributed by atoms with Crippen LogP contribution in [0.25, 0.3) is 0 Å². The number of aromatic nitrogens is 1. The van der Waals surface area contributed by atoms with Crippen molar-refractivity contribution >= 4 is 0 Å². The molecule has 1 N–H and O–H groups in total. The lowest BCUT2D eigenvalue weighted by atomic mass is 10.0. The third-order valence-corrected chi connectivity index (χ3v) is 3.04. The molecule has 2 heterocycles. The van der Waals surface area contributed by atoms with Gasteiger partial charge in [-0.25, -0.2) is 0 Å². The molecule has 0 aliphatic carbocycles. The van der Waals surface area contributed by atoms with Crippen molar-refractivity contribution in [1.29, 1.82) is 0 Å². The van der Waals surface area contributed by atoms with Gasteiger partial charge >= 0.3 is 0 Å². The molecule has 0 fully saturated rings. The highest BCUT2D eigenvalue weighted by Crippen LogP contribution is 2.19. The zero-order chi connectivity index (χ0) is 12.8. The van der Waals surface area contributed by atoms with Crippen LogP contribution in [0.15, 0.2) is 41.1 Å². The fourth-order valence-electron chi connectivity index (χ4n) is 2.01. The molecule has 96 valence electrons. The molecule has 0 amide bonds. The Hall–Kier alpha value is -1.61. The smallest absolute Gasteiger partial charge is 0.121 e. The molecular formula is C15H20N2O. The van der Waals surface area contributed by atoms with Gasteiger partial charge in [0.15, 0.2) is 0 Å². The standard InChI is InChI=1S/C15H20N2O/c1-3-8-16-14(15-7-5-10-18-15)11-13-12(2)6-4-9-17-13/h4-7,9-10,14,16H,3,8,11H2,1-2H3. The van der Waals surface area contributed by atoms with Gasteiger partial charge in [0.2, 0.25) is 0 Å². The summed E-state index contributed by atoms with van der Waals surface area (Å²) in [5, 5.41) is 3.51. The fraction of sp³-hybridized carbons (Fsp3) is 0.400. The van der Waals surface area contributed by atoms with Crippen LogP contribution >= 0.6 is 0 Å². The van der Waals surface area contributed by atoms with Gasteiger partial charge in [-0.05, 0) is 43.7 Å². The van der Waals surface area contributed by atoms with Crippen LogP contribution in [0.1, 0.15) is 36.4 Å². The lowest BCUT2D eigenvalue weighted by Gasteiger charge is -2.16. The van der Waals surface area contributed by atoms with Gasteiger partial charge in [0.1, 0.15) is 5.76 Å². The summed E-state index contributed by atoms with van der Waals surface area (Å²) in [6.07, 6.45) is 5.54. The third kappa shape index (κ3) is 3.20. The van der Waals surface area contributed by atoms with Crippen molar-refractivity contribution in [3.63, 3.8) is 0 Å². The second-order valence-electron chi connectivity index (χ2n) is 4.49. The molecule has 1 unspecified atom stereocenters. The van der Waals surface area contributed by atoms with E-state index in [0.29, 0.717) is 0 Å². The number of hydrogen-bond donors (Lipinski definition) is 1. The van der Waals surface area contributed by atoms with E-state index in [0.717, 1.165) is 30.8 Å². The number of furan rings is 1. The Morgan fingerprint density at radius 3 is 2.89 bits per heavy atom. The number of rotatable bonds is 6. The summed E-state index contributed by atoms with van der Waals surface area (Å²) in [6.45, 7) is 5.25. The maximum Gasteiger partial charge on any atom is 0.121 e. The largest absolute Gasteiger partial charge is 0.468 e. The summed E-state index contributed by atoms with van der Waals surface area (Å²) >= 11 is 0. The predicted octanol–water partition coefficient (Wildman–Crippen LogP) is 3.27. The molecule has 0 saturated heterocycles. The van der Waals surface area contributed by atoms with Gasteiger partial charge in [0, 0.05) is 18.3 Å². The van der Waals surface area contributed by atoms with Gasteiger partial charge in [-0.3, -0.25) is 4.98 Å². The highest BCUT2D eigenvalue weighted by Gasteiger charge is 2.15. The van der Waals surface area contributed by atoms with Gasteiger partial charge in [-0.15, -0.1) is 0 Å². The normalized spacial score (nSPS) is 12.6. The molecule has 3 nitrogen and oxygen atoms in total. The van der Waals surface area contributed by atoms with E-state index in [9.17, 15) is 0 Å². The molecular weight excluding hydrogens is 224 g/mol. The maximum atomic E-state index is 5.51. The van der Waals surface area contributed by atoms with E-state index >= 15 is 0 Å². The molecule has 0 saturated carbocycles. The van der Waals surface area contributed by atoms with E-state index in [1.54, 1.807) is 6.26 Å². The summed E-state index contributed by atoms with van der Waals surface area (Å²) in [6, 6.07) is 8.22. The SMILES string of the molecule is CCCNC(Cc1ncccc1C)c1ccco1. The van der Waals surface area contributed by atoms with Crippen LogP contribution in [0, 0.1) is 6.92 Å². The van der Waals surface area contributed by atoms with Gasteiger partial charge in [0.05, 0.1) is 12.3 Å². The molecule has 18 heavy (non-hydrogen) atoms. The number of hydrogen-bond acceptors (Lipinski definition) is 3. The second kappa shape index (κ2) is 6.36. The minimum Gasteiger partial charge on any atom is -0.468 e. The Bertz CT molecular complexity index is 465. The van der Waals surface area contributed by atoms with Gasteiger partial charge in [-0.2, -0.15) is 0 Å². The highest BCUT2D eigenvalue weighted by molar-refractivity contribution is 5.20. The summed E-state index contributed by atoms with van der Waals surface area (Å²) in [4.78, 5) is 4.45. The average molecular weight is 244 g/mol. The minimum atomic E-state index is 0.202. The lowest BCUT2D eigenvalue weighted by molar-refractivity contribution is 0.408. The van der Waals surface area contributed by atoms with Crippen molar-refractivity contribution in [2.75, 3.05) is 6.54 Å². The number of pyridine rings is 1. The van der Waals surface area contributed by atoms with E-state index in [2.05, 4.69) is 30.2 Å². The summed E-state index contributed by atoms with van der Waals surface area (Å²) in [5.41, 5.74) is 2.36. The van der Waals surface area contributed by atoms with Crippen molar-refractivity contribution in [1.82, 2.24) is 10.3 Å². The molecule has 0 aromatic carbocycles. The number of aryl methyl sites for hydroxylation is 1. The van der Waals surface area contributed by atoms with E-state index in [4.69, 9.17) is 4.42 Å². The highest BCUT2D eigenvalue weighted by atomic mass is 16.3. The van der Waals surface area contributed by atoms with Crippen LogP contribution in [-0.2, 0) is 6.42 Å². The summed E-state index contributed by atoms with van der Waals surface area (Å²) in [5.74, 6) is 0.980. The van der Waals surface area contributed by atoms with E-state index < -0.39 is 0 Å². The first-order valence-corrected chi connectivity index (χ1v) is 6.48. The Morgan fingerprint density at radius 2 is 2.22 bits per heavy atom. The Morgan fingerprint density at radius 1 is 1.33 bits per heavy atom. The van der Waals surface area contributed by atoms with Crippen molar-refractivity contribution in [3.8, 4) is 0 Å². The van der Waals surface area contributed by atoms with Gasteiger partial charge in [0.25, 0.3) is 0 Å². The molecule has 0 aliphatic heterocycles. The zero-order valence-corrected chi connectivity index (χ0v) is 11.0. The van der Waals surface area contributed by atoms with Crippen LogP contribution in [0.2, 0.25) is 0 Å². The molecule has 3 heteroatoms. The molecule has 0 bridgehead atoms. The van der Waals surface area contributed by atoms with Gasteiger partial charge in [-0.1, -0.05) is 13.0 Å². The summed E-state index contributed by atoms with van der Waals surface area (Å²) < 4.78 is 5.51. The van der Waals surface area contributed by atoms with Crippen LogP contribution < -0.4 is 5.32 Å². The van der Waals surface area contributed by atoms with E-state index in [1.165, 1.54) is 5.56 Å². The molecule has 0 radical (unpaired) electrons. The Balaban J connectivity index is 2.13. The van der Waals surface area contributed by atoms with Crippen LogP contribution in [0.5, 0.6) is 0 Å². The first-order chi connectivity index (χ1) is 8.81. The summed E-state index contributed by atoms with van der Waals surface area (Å²) in [7, 11) is 0. The fourth-order valence-corrected chi connectivity index (χ4v) is 2.01. The first-order valence-electron chi connectivity index (χ1n) is 6.48. The number of nitrogens with zero attached hydrogens (tertiary/aromatic N) is 1. The second-order valence-corrected chi connectivity index (χ2v) is 4.49. The van der Waals surface area contributed by atoms with Crippen molar-refractivity contribution < 1.29 is 4.42 Å². The Labute approximate surface area is 108 Å². The topological polar surface area (TPSA) is 38.1 Å². The molecule has 2 rings (SSSR count). The van der Waals surface area contributed by atoms with E-state index in [1.807, 2.05) is 24.4 Å². The molecule has 2 aromatic rings. The molecule has 0 spiro atoms. The van der Waals surface area contributed by atoms with E-state index in [-0.39, 0.29) is 6.04 Å². The quantitative estimate of drug-likeness (QED) is 0.847. The Kier molecular flexibility index (Phi) is 4.53. The molecule has 1 atom stereocenters. The molecule has 2 aromatic heterocycles. The van der Waals surface area contributed by atoms with Crippen molar-refractivity contribution in [2.45, 2.75) is 32.7 Å². The van der Waals surface area contributed by atoms with Crippen LogP contribution in [-0.4, -0.2) is 11.5 Å². The van der Waals surface area contributed by atoms with Crippen LogP contribution in [0.4, 0.5) is 0 Å². The monoisotopic (exact) mass is 244 g/mol. The van der Waals surface area contributed by atoms with Crippen molar-refractivity contribution in [2.24, 2.45) is 0 Å². The molecule has 0 aliphatic rings. The number of nitrogens with one attached hydrogen (secondary N) is 1. The lowest BCUT2D eigenvalue weighted by Crippen LogP contribution is -2.24. The maximum absolute atomic E-state index is 5.51. The van der Waals surface area contributed by atoms with Crippen LogP contribution in [0.3, 0.4) is 0 Å². The predicted molar refractivity (Wildman–Crippen MR) is 72.4 cm³/mol. The average Bonchev–Trinajstić information content (AvgIpc) is 2.90.